The van der Waals surface area contributed by atoms with Crippen molar-refractivity contribution in [2.75, 3.05) is 0 Å². The van der Waals surface area contributed by atoms with E-state index in [0.29, 0.717) is 4.78 Å². The third-order valence-electron chi connectivity index (χ3n) is 1.87. The van der Waals surface area contributed by atoms with Crippen molar-refractivity contribution in [1.82, 2.24) is 0 Å². The first-order valence-electron chi connectivity index (χ1n) is 3.86. The molecule has 0 unspecified atom stereocenters. The Kier molecular flexibility index (Phi) is 2.69. The Morgan fingerprint density at radius 2 is 2.00 bits per heavy atom. The van der Waals surface area contributed by atoms with Gasteiger partial charge in [-0.05, 0) is 40.8 Å². The van der Waals surface area contributed by atoms with Crippen LogP contribution < -0.4 is 4.78 Å². The van der Waals surface area contributed by atoms with Gasteiger partial charge in [0.1, 0.15) is 5.75 Å². The average molecular weight is 320 g/mol. The van der Waals surface area contributed by atoms with Crippen molar-refractivity contribution >= 4 is 55.9 Å². The number of hydrogen-bond donors (Lipinski definition) is 3. The van der Waals surface area contributed by atoms with Gasteiger partial charge >= 0.3 is 7.12 Å². The van der Waals surface area contributed by atoms with Gasteiger partial charge in [0.05, 0.1) is 0 Å². The molecule has 0 fully saturated rings. The van der Waals surface area contributed by atoms with Crippen LogP contribution in [0.1, 0.15) is 0 Å². The molecule has 1 aromatic heterocycles. The number of halogens is 1. The van der Waals surface area contributed by atoms with Crippen molar-refractivity contribution < 1.29 is 15.2 Å². The van der Waals surface area contributed by atoms with Crippen LogP contribution in [0.4, 0.5) is 0 Å². The lowest BCUT2D eigenvalue weighted by atomic mass is 9.89. The SMILES string of the molecule is OB(O)c1sc2cc(O)ccc2c1I. The number of aromatic hydroxyl groups is 1. The largest absolute Gasteiger partial charge is 0.508 e. The molecule has 3 N–H and O–H groups in total. The molecule has 72 valence electrons. The first-order valence-corrected chi connectivity index (χ1v) is 5.76. The summed E-state index contributed by atoms with van der Waals surface area (Å²) in [5.41, 5.74) is 0. The van der Waals surface area contributed by atoms with E-state index in [2.05, 4.69) is 22.6 Å². The van der Waals surface area contributed by atoms with Gasteiger partial charge < -0.3 is 15.2 Å². The van der Waals surface area contributed by atoms with Gasteiger partial charge in [0.15, 0.2) is 0 Å². The lowest BCUT2D eigenvalue weighted by Gasteiger charge is -1.93. The van der Waals surface area contributed by atoms with Gasteiger partial charge in [-0.1, -0.05) is 0 Å². The Morgan fingerprint density at radius 1 is 1.29 bits per heavy atom. The fourth-order valence-corrected chi connectivity index (χ4v) is 3.50. The molecule has 1 heterocycles. The van der Waals surface area contributed by atoms with Crippen LogP contribution in [0.3, 0.4) is 0 Å². The molecule has 2 aromatic rings. The van der Waals surface area contributed by atoms with E-state index in [4.69, 9.17) is 10.0 Å². The Balaban J connectivity index is 2.73. The van der Waals surface area contributed by atoms with Gasteiger partial charge in [-0.25, -0.2) is 0 Å². The van der Waals surface area contributed by atoms with E-state index >= 15 is 0 Å². The van der Waals surface area contributed by atoms with E-state index in [1.54, 1.807) is 18.2 Å². The first-order chi connectivity index (χ1) is 6.59. The lowest BCUT2D eigenvalue weighted by Crippen LogP contribution is -2.28. The third-order valence-corrected chi connectivity index (χ3v) is 4.59. The Labute approximate surface area is 98.3 Å². The number of phenols is 1. The molecule has 0 aliphatic heterocycles. The van der Waals surface area contributed by atoms with Crippen molar-refractivity contribution in [1.29, 1.82) is 0 Å². The van der Waals surface area contributed by atoms with Crippen LogP contribution in [0.15, 0.2) is 18.2 Å². The quantitative estimate of drug-likeness (QED) is 0.540. The minimum absolute atomic E-state index is 0.189. The number of hydrogen-bond acceptors (Lipinski definition) is 4. The molecule has 0 saturated heterocycles. The minimum Gasteiger partial charge on any atom is -0.508 e. The zero-order chi connectivity index (χ0) is 10.3. The molecule has 6 heteroatoms. The molecule has 0 saturated carbocycles. The zero-order valence-electron chi connectivity index (χ0n) is 6.94. The van der Waals surface area contributed by atoms with Crippen LogP contribution in [0, 0.1) is 3.57 Å². The Bertz CT molecular complexity index is 483. The number of fused-ring (bicyclic) bond motifs is 1. The van der Waals surface area contributed by atoms with Crippen LogP contribution in [-0.2, 0) is 0 Å². The lowest BCUT2D eigenvalue weighted by molar-refractivity contribution is 0.426. The second kappa shape index (κ2) is 3.69. The topological polar surface area (TPSA) is 60.7 Å². The predicted octanol–water partition coefficient (Wildman–Crippen LogP) is 0.891. The highest BCUT2D eigenvalue weighted by Crippen LogP contribution is 2.28. The first kappa shape index (κ1) is 10.2. The summed E-state index contributed by atoms with van der Waals surface area (Å²) in [5, 5.41) is 28.3. The van der Waals surface area contributed by atoms with Gasteiger partial charge in [0, 0.05) is 18.4 Å². The van der Waals surface area contributed by atoms with Crippen LogP contribution >= 0.6 is 33.9 Å². The summed E-state index contributed by atoms with van der Waals surface area (Å²) in [6.07, 6.45) is 0. The number of benzene rings is 1. The molecule has 2 rings (SSSR count). The van der Waals surface area contributed by atoms with Gasteiger partial charge in [-0.15, -0.1) is 11.3 Å². The fourth-order valence-electron chi connectivity index (χ4n) is 1.24. The Hall–Kier alpha value is -0.305. The second-order valence-corrected chi connectivity index (χ2v) is 5.00. The Morgan fingerprint density at radius 3 is 2.64 bits per heavy atom. The predicted molar refractivity (Wildman–Crippen MR) is 66.0 cm³/mol. The zero-order valence-corrected chi connectivity index (χ0v) is 9.91. The van der Waals surface area contributed by atoms with Gasteiger partial charge in [0.2, 0.25) is 0 Å². The number of rotatable bonds is 1. The third kappa shape index (κ3) is 1.62. The smallest absolute Gasteiger partial charge is 0.500 e. The summed E-state index contributed by atoms with van der Waals surface area (Å²) in [6.45, 7) is 0. The normalized spacial score (nSPS) is 10.8. The van der Waals surface area contributed by atoms with Crippen molar-refractivity contribution in [3.63, 3.8) is 0 Å². The maximum Gasteiger partial charge on any atom is 0.500 e. The van der Waals surface area contributed by atoms with Gasteiger partial charge in [-0.2, -0.15) is 0 Å². The van der Waals surface area contributed by atoms with Crippen molar-refractivity contribution in [3.05, 3.63) is 21.8 Å². The molecule has 0 atom stereocenters. The van der Waals surface area contributed by atoms with Crippen molar-refractivity contribution in [2.24, 2.45) is 0 Å². The molecule has 0 aliphatic carbocycles. The molecule has 0 bridgehead atoms. The van der Waals surface area contributed by atoms with Crippen LogP contribution in [0.25, 0.3) is 10.1 Å². The molecular formula is C8H6BIO3S. The van der Waals surface area contributed by atoms with Crippen LogP contribution in [0.5, 0.6) is 5.75 Å². The second-order valence-electron chi connectivity index (χ2n) is 2.83. The standard InChI is InChI=1S/C8H6BIO3S/c10-7-5-2-1-4(11)3-6(5)14-8(7)9(12)13/h1-3,11-13H. The maximum atomic E-state index is 9.25. The molecule has 0 amide bonds. The molecular weight excluding hydrogens is 314 g/mol. The van der Waals surface area contributed by atoms with E-state index in [1.807, 2.05) is 0 Å². The highest BCUT2D eigenvalue weighted by molar-refractivity contribution is 14.1. The van der Waals surface area contributed by atoms with Gasteiger partial charge in [-0.3, -0.25) is 0 Å². The van der Waals surface area contributed by atoms with Crippen molar-refractivity contribution in [3.8, 4) is 5.75 Å². The molecule has 0 spiro atoms. The summed E-state index contributed by atoms with van der Waals surface area (Å²) < 4.78 is 2.21. The molecule has 0 radical (unpaired) electrons. The molecule has 1 aromatic carbocycles. The van der Waals surface area contributed by atoms with Crippen molar-refractivity contribution in [2.45, 2.75) is 0 Å². The highest BCUT2D eigenvalue weighted by Gasteiger charge is 2.20. The van der Waals surface area contributed by atoms with E-state index in [-0.39, 0.29) is 5.75 Å². The summed E-state index contributed by atoms with van der Waals surface area (Å²) >= 11 is 3.35. The molecule has 14 heavy (non-hydrogen) atoms. The highest BCUT2D eigenvalue weighted by atomic mass is 127. The van der Waals surface area contributed by atoms with E-state index in [1.165, 1.54) is 11.3 Å². The van der Waals surface area contributed by atoms with E-state index in [9.17, 15) is 5.11 Å². The average Bonchev–Trinajstić information content (AvgIpc) is 2.43. The van der Waals surface area contributed by atoms with Crippen LogP contribution in [-0.4, -0.2) is 22.3 Å². The summed E-state index contributed by atoms with van der Waals surface area (Å²) in [5.74, 6) is 0.189. The van der Waals surface area contributed by atoms with E-state index < -0.39 is 7.12 Å². The summed E-state index contributed by atoms with van der Waals surface area (Å²) in [6, 6.07) is 4.98. The monoisotopic (exact) mass is 320 g/mol. The summed E-state index contributed by atoms with van der Waals surface area (Å²) in [7, 11) is -1.44. The number of thiophene rings is 1. The fraction of sp³-hybridized carbons (Fsp3) is 0. The van der Waals surface area contributed by atoms with E-state index in [0.717, 1.165) is 13.7 Å². The minimum atomic E-state index is -1.44. The summed E-state index contributed by atoms with van der Waals surface area (Å²) in [4.78, 5) is 0. The molecule has 0 aliphatic rings. The molecule has 3 nitrogen and oxygen atoms in total. The van der Waals surface area contributed by atoms with Crippen LogP contribution in [0.2, 0.25) is 0 Å². The van der Waals surface area contributed by atoms with Gasteiger partial charge in [0.25, 0.3) is 0 Å². The maximum absolute atomic E-state index is 9.25. The number of phenolic OH excluding ortho intramolecular Hbond substituents is 1.